The molecule has 3 nitrogen and oxygen atoms in total. The van der Waals surface area contributed by atoms with Crippen molar-refractivity contribution in [1.82, 2.24) is 9.88 Å². The van der Waals surface area contributed by atoms with E-state index in [1.165, 1.54) is 37.0 Å². The van der Waals surface area contributed by atoms with E-state index in [0.717, 1.165) is 30.0 Å². The van der Waals surface area contributed by atoms with Gasteiger partial charge in [-0.25, -0.2) is 4.98 Å². The number of likely N-dealkylation sites (tertiary alicyclic amines) is 1. The monoisotopic (exact) mass is 360 g/mol. The van der Waals surface area contributed by atoms with Crippen LogP contribution < -0.4 is 0 Å². The van der Waals surface area contributed by atoms with Gasteiger partial charge in [0.15, 0.2) is 0 Å². The van der Waals surface area contributed by atoms with Crippen LogP contribution in [0, 0.1) is 5.92 Å². The fourth-order valence-electron chi connectivity index (χ4n) is 4.15. The lowest BCUT2D eigenvalue weighted by Gasteiger charge is -2.43. The number of amides is 1. The standard InChI is InChI=1S/C19H21ClN2OS/c20-15-9-3-2-8-14(15)18-21-16(12-24-18)19(23)22-11-5-7-13-6-1-4-10-17(13)22/h2-3,8-9,12-13,17H,1,4-7,10-11H2. The molecule has 24 heavy (non-hydrogen) atoms. The number of halogens is 1. The van der Waals surface area contributed by atoms with Crippen molar-refractivity contribution in [2.45, 2.75) is 44.6 Å². The van der Waals surface area contributed by atoms with Crippen LogP contribution in [0.3, 0.4) is 0 Å². The number of fused-ring (bicyclic) bond motifs is 1. The number of benzene rings is 1. The number of carbonyl (C=O) groups is 1. The molecule has 1 amide bonds. The van der Waals surface area contributed by atoms with E-state index in [1.54, 1.807) is 0 Å². The summed E-state index contributed by atoms with van der Waals surface area (Å²) in [5.41, 5.74) is 1.47. The summed E-state index contributed by atoms with van der Waals surface area (Å²) in [5, 5.41) is 3.38. The van der Waals surface area contributed by atoms with Gasteiger partial charge in [0, 0.05) is 23.5 Å². The first kappa shape index (κ1) is 16.1. The molecule has 1 saturated carbocycles. The molecule has 2 fully saturated rings. The second-order valence-corrected chi connectivity index (χ2v) is 8.04. The Hall–Kier alpha value is -1.39. The van der Waals surface area contributed by atoms with Gasteiger partial charge in [0.2, 0.25) is 0 Å². The highest BCUT2D eigenvalue weighted by Crippen LogP contribution is 2.36. The Balaban J connectivity index is 1.58. The lowest BCUT2D eigenvalue weighted by molar-refractivity contribution is 0.0386. The molecule has 1 aliphatic heterocycles. The summed E-state index contributed by atoms with van der Waals surface area (Å²) in [7, 11) is 0. The molecular weight excluding hydrogens is 340 g/mol. The smallest absolute Gasteiger partial charge is 0.273 e. The van der Waals surface area contributed by atoms with Gasteiger partial charge in [-0.05, 0) is 37.7 Å². The third kappa shape index (κ3) is 2.98. The summed E-state index contributed by atoms with van der Waals surface area (Å²) < 4.78 is 0. The molecule has 2 aromatic rings. The zero-order valence-corrected chi connectivity index (χ0v) is 15.2. The molecule has 5 heteroatoms. The minimum absolute atomic E-state index is 0.0983. The number of hydrogen-bond acceptors (Lipinski definition) is 3. The molecule has 1 saturated heterocycles. The molecule has 126 valence electrons. The second-order valence-electron chi connectivity index (χ2n) is 6.77. The third-order valence-electron chi connectivity index (χ3n) is 5.33. The van der Waals surface area contributed by atoms with Crippen LogP contribution in [0.25, 0.3) is 10.6 Å². The number of piperidine rings is 1. The van der Waals surface area contributed by atoms with Crippen molar-refractivity contribution in [2.24, 2.45) is 5.92 Å². The molecule has 0 bridgehead atoms. The number of hydrogen-bond donors (Lipinski definition) is 0. The molecule has 1 aliphatic carbocycles. The van der Waals surface area contributed by atoms with Gasteiger partial charge in [-0.1, -0.05) is 42.6 Å². The van der Waals surface area contributed by atoms with Crippen molar-refractivity contribution in [1.29, 1.82) is 0 Å². The van der Waals surface area contributed by atoms with Crippen molar-refractivity contribution in [3.05, 3.63) is 40.4 Å². The van der Waals surface area contributed by atoms with Crippen molar-refractivity contribution < 1.29 is 4.79 Å². The van der Waals surface area contributed by atoms with E-state index >= 15 is 0 Å². The minimum Gasteiger partial charge on any atom is -0.334 e. The maximum Gasteiger partial charge on any atom is 0.273 e. The Morgan fingerprint density at radius 3 is 2.83 bits per heavy atom. The number of rotatable bonds is 2. The molecular formula is C19H21ClN2OS. The van der Waals surface area contributed by atoms with Crippen LogP contribution in [0.15, 0.2) is 29.6 Å². The average Bonchev–Trinajstić information content (AvgIpc) is 3.11. The predicted octanol–water partition coefficient (Wildman–Crippen LogP) is 5.26. The molecule has 2 aliphatic rings. The van der Waals surface area contributed by atoms with Crippen LogP contribution in [-0.2, 0) is 0 Å². The van der Waals surface area contributed by atoms with Crippen LogP contribution in [0.1, 0.15) is 49.0 Å². The van der Waals surface area contributed by atoms with Crippen LogP contribution in [-0.4, -0.2) is 28.4 Å². The van der Waals surface area contributed by atoms with Gasteiger partial charge < -0.3 is 4.90 Å². The van der Waals surface area contributed by atoms with Gasteiger partial charge >= 0.3 is 0 Å². The van der Waals surface area contributed by atoms with E-state index in [4.69, 9.17) is 11.6 Å². The molecule has 2 heterocycles. The zero-order valence-electron chi connectivity index (χ0n) is 13.6. The van der Waals surface area contributed by atoms with Crippen molar-refractivity contribution in [2.75, 3.05) is 6.54 Å². The molecule has 1 aromatic heterocycles. The molecule has 1 aromatic carbocycles. The van der Waals surface area contributed by atoms with Crippen LogP contribution in [0.5, 0.6) is 0 Å². The van der Waals surface area contributed by atoms with Gasteiger partial charge in [-0.2, -0.15) is 0 Å². The number of aromatic nitrogens is 1. The number of carbonyl (C=O) groups excluding carboxylic acids is 1. The Labute approximate surface area is 151 Å². The summed E-state index contributed by atoms with van der Waals surface area (Å²) in [4.78, 5) is 19.7. The Kier molecular flexibility index (Phi) is 4.59. The topological polar surface area (TPSA) is 33.2 Å². The van der Waals surface area contributed by atoms with Gasteiger partial charge in [0.1, 0.15) is 10.7 Å². The Bertz CT molecular complexity index is 742. The summed E-state index contributed by atoms with van der Waals surface area (Å²) in [6.07, 6.45) is 7.38. The summed E-state index contributed by atoms with van der Waals surface area (Å²) in [6, 6.07) is 8.08. The highest BCUT2D eigenvalue weighted by atomic mass is 35.5. The quantitative estimate of drug-likeness (QED) is 0.732. The van der Waals surface area contributed by atoms with E-state index in [-0.39, 0.29) is 5.91 Å². The Morgan fingerprint density at radius 2 is 1.96 bits per heavy atom. The van der Waals surface area contributed by atoms with Gasteiger partial charge in [0.05, 0.1) is 5.02 Å². The van der Waals surface area contributed by atoms with Crippen molar-refractivity contribution in [3.63, 3.8) is 0 Å². The summed E-state index contributed by atoms with van der Waals surface area (Å²) >= 11 is 7.75. The van der Waals surface area contributed by atoms with Crippen LogP contribution in [0.4, 0.5) is 0 Å². The molecule has 0 spiro atoms. The van der Waals surface area contributed by atoms with E-state index < -0.39 is 0 Å². The SMILES string of the molecule is O=C(c1csc(-c2ccccc2Cl)n1)N1CCCC2CCCCC21. The van der Waals surface area contributed by atoms with Crippen molar-refractivity contribution in [3.8, 4) is 10.6 Å². The molecule has 0 N–H and O–H groups in total. The lowest BCUT2D eigenvalue weighted by atomic mass is 9.78. The first-order chi connectivity index (χ1) is 11.7. The Morgan fingerprint density at radius 1 is 1.17 bits per heavy atom. The average molecular weight is 361 g/mol. The highest BCUT2D eigenvalue weighted by Gasteiger charge is 2.36. The fourth-order valence-corrected chi connectivity index (χ4v) is 5.27. The van der Waals surface area contributed by atoms with Gasteiger partial charge in [-0.15, -0.1) is 11.3 Å². The largest absolute Gasteiger partial charge is 0.334 e. The molecule has 0 radical (unpaired) electrons. The van der Waals surface area contributed by atoms with E-state index in [1.807, 2.05) is 29.6 Å². The normalized spacial score (nSPS) is 23.8. The van der Waals surface area contributed by atoms with Gasteiger partial charge in [-0.3, -0.25) is 4.79 Å². The highest BCUT2D eigenvalue weighted by molar-refractivity contribution is 7.13. The first-order valence-electron chi connectivity index (χ1n) is 8.75. The summed E-state index contributed by atoms with van der Waals surface area (Å²) in [5.74, 6) is 0.791. The second kappa shape index (κ2) is 6.85. The minimum atomic E-state index is 0.0983. The zero-order chi connectivity index (χ0) is 16.5. The number of nitrogens with zero attached hydrogens (tertiary/aromatic N) is 2. The summed E-state index contributed by atoms with van der Waals surface area (Å²) in [6.45, 7) is 0.874. The van der Waals surface area contributed by atoms with E-state index in [2.05, 4.69) is 9.88 Å². The first-order valence-corrected chi connectivity index (χ1v) is 10.0. The maximum absolute atomic E-state index is 13.0. The predicted molar refractivity (Wildman–Crippen MR) is 98.6 cm³/mol. The molecule has 2 unspecified atom stereocenters. The van der Waals surface area contributed by atoms with E-state index in [0.29, 0.717) is 22.7 Å². The number of thiazole rings is 1. The molecule has 4 rings (SSSR count). The maximum atomic E-state index is 13.0. The fraction of sp³-hybridized carbons (Fsp3) is 0.474. The van der Waals surface area contributed by atoms with Gasteiger partial charge in [0.25, 0.3) is 5.91 Å². The third-order valence-corrected chi connectivity index (χ3v) is 6.54. The van der Waals surface area contributed by atoms with Crippen LogP contribution in [0.2, 0.25) is 5.02 Å². The molecule has 2 atom stereocenters. The van der Waals surface area contributed by atoms with E-state index in [9.17, 15) is 4.79 Å². The van der Waals surface area contributed by atoms with Crippen LogP contribution >= 0.6 is 22.9 Å². The van der Waals surface area contributed by atoms with Crippen molar-refractivity contribution >= 4 is 28.8 Å². The lowest BCUT2D eigenvalue weighted by Crippen LogP contribution is -2.49.